The van der Waals surface area contributed by atoms with Gasteiger partial charge in [0.2, 0.25) is 5.91 Å². The zero-order valence-corrected chi connectivity index (χ0v) is 17.3. The Bertz CT molecular complexity index is 1010. The highest BCUT2D eigenvalue weighted by molar-refractivity contribution is 6.31. The summed E-state index contributed by atoms with van der Waals surface area (Å²) >= 11 is 6.06. The summed E-state index contributed by atoms with van der Waals surface area (Å²) in [7, 11) is 1.58. The molecule has 1 N–H and O–H groups in total. The smallest absolute Gasteiger partial charge is 0.225 e. The average molecular weight is 409 g/mol. The number of nitrogens with one attached hydrogen (secondary N) is 1. The molecule has 1 saturated carbocycles. The molecule has 0 spiro atoms. The van der Waals surface area contributed by atoms with Crippen LogP contribution in [0.4, 0.5) is 5.69 Å². The Morgan fingerprint density at radius 1 is 1.14 bits per heavy atom. The number of halogens is 1. The molecule has 0 radical (unpaired) electrons. The van der Waals surface area contributed by atoms with E-state index in [4.69, 9.17) is 16.3 Å². The summed E-state index contributed by atoms with van der Waals surface area (Å²) in [6.07, 6.45) is 2.83. The van der Waals surface area contributed by atoms with Crippen LogP contribution >= 0.6 is 11.6 Å². The van der Waals surface area contributed by atoms with E-state index in [-0.39, 0.29) is 5.91 Å². The first-order chi connectivity index (χ1) is 14.1. The predicted octanol–water partition coefficient (Wildman–Crippen LogP) is 5.50. The summed E-state index contributed by atoms with van der Waals surface area (Å²) < 4.78 is 5.31. The highest BCUT2D eigenvalue weighted by Crippen LogP contribution is 2.31. The number of benzene rings is 3. The van der Waals surface area contributed by atoms with Gasteiger partial charge in [-0.2, -0.15) is 0 Å². The molecule has 0 aromatic heterocycles. The number of anilines is 1. The zero-order valence-electron chi connectivity index (χ0n) is 16.5. The quantitative estimate of drug-likeness (QED) is 0.535. The molecule has 3 aromatic carbocycles. The lowest BCUT2D eigenvalue weighted by Crippen LogP contribution is -2.29. The number of nitrogens with zero attached hydrogens (tertiary/aromatic N) is 1. The second-order valence-corrected chi connectivity index (χ2v) is 7.92. The molecule has 150 valence electrons. The summed E-state index contributed by atoms with van der Waals surface area (Å²) in [4.78, 5) is 15.0. The van der Waals surface area contributed by atoms with Gasteiger partial charge in [0.25, 0.3) is 0 Å². The minimum Gasteiger partial charge on any atom is -0.495 e. The summed E-state index contributed by atoms with van der Waals surface area (Å²) in [5, 5.41) is 6.04. The van der Waals surface area contributed by atoms with Gasteiger partial charge in [-0.15, -0.1) is 0 Å². The maximum atomic E-state index is 12.6. The molecular weight excluding hydrogens is 384 g/mol. The van der Waals surface area contributed by atoms with Crippen molar-refractivity contribution in [3.63, 3.8) is 0 Å². The van der Waals surface area contributed by atoms with Crippen LogP contribution in [0.3, 0.4) is 0 Å². The molecule has 0 aliphatic heterocycles. The van der Waals surface area contributed by atoms with Crippen LogP contribution in [0.1, 0.15) is 24.8 Å². The number of methoxy groups -OCH3 is 1. The summed E-state index contributed by atoms with van der Waals surface area (Å²) in [5.41, 5.74) is 1.92. The van der Waals surface area contributed by atoms with Crippen molar-refractivity contribution in [2.45, 2.75) is 31.8 Å². The van der Waals surface area contributed by atoms with Gasteiger partial charge in [-0.3, -0.25) is 9.69 Å². The largest absolute Gasteiger partial charge is 0.495 e. The third kappa shape index (κ3) is 4.89. The van der Waals surface area contributed by atoms with Gasteiger partial charge in [0, 0.05) is 30.6 Å². The lowest BCUT2D eigenvalue weighted by atomic mass is 10.0. The van der Waals surface area contributed by atoms with Crippen LogP contribution in [-0.2, 0) is 11.3 Å². The van der Waals surface area contributed by atoms with Gasteiger partial charge in [-0.05, 0) is 47.4 Å². The second kappa shape index (κ2) is 8.85. The van der Waals surface area contributed by atoms with Gasteiger partial charge in [-0.25, -0.2) is 0 Å². The lowest BCUT2D eigenvalue weighted by molar-refractivity contribution is -0.116. The number of carbonyl (C=O) groups is 1. The maximum Gasteiger partial charge on any atom is 0.225 e. The van der Waals surface area contributed by atoms with Crippen molar-refractivity contribution < 1.29 is 9.53 Å². The fourth-order valence-electron chi connectivity index (χ4n) is 3.72. The van der Waals surface area contributed by atoms with Crippen LogP contribution in [0.25, 0.3) is 10.8 Å². The number of fused-ring (bicyclic) bond motifs is 1. The van der Waals surface area contributed by atoms with Gasteiger partial charge in [0.1, 0.15) is 5.75 Å². The molecule has 1 fully saturated rings. The standard InChI is InChI=1S/C24H25ClN2O2/c1-29-23-12-9-19(25)15-22(23)26-24(28)13-14-27(20-10-11-20)16-18-7-4-6-17-5-2-3-8-21(17)18/h2-9,12,15,20H,10-11,13-14,16H2,1H3,(H,26,28). The highest BCUT2D eigenvalue weighted by atomic mass is 35.5. The Kier molecular flexibility index (Phi) is 6.02. The molecule has 0 bridgehead atoms. The molecule has 0 saturated heterocycles. The first kappa shape index (κ1) is 19.7. The minimum atomic E-state index is -0.0332. The van der Waals surface area contributed by atoms with Crippen molar-refractivity contribution in [1.29, 1.82) is 0 Å². The summed E-state index contributed by atoms with van der Waals surface area (Å²) in [6, 6.07) is 20.7. The Labute approximate surface area is 176 Å². The SMILES string of the molecule is COc1ccc(Cl)cc1NC(=O)CCN(Cc1cccc2ccccc12)C1CC1. The van der Waals surface area contributed by atoms with E-state index in [1.165, 1.54) is 29.2 Å². The van der Waals surface area contributed by atoms with E-state index < -0.39 is 0 Å². The van der Waals surface area contributed by atoms with Crippen molar-refractivity contribution in [2.24, 2.45) is 0 Å². The third-order valence-electron chi connectivity index (χ3n) is 5.38. The number of carbonyl (C=O) groups excluding carboxylic acids is 1. The fraction of sp³-hybridized carbons (Fsp3) is 0.292. The molecule has 0 unspecified atom stereocenters. The number of amides is 1. The van der Waals surface area contributed by atoms with Crippen molar-refractivity contribution >= 4 is 34.0 Å². The molecule has 4 rings (SSSR count). The predicted molar refractivity (Wildman–Crippen MR) is 119 cm³/mol. The third-order valence-corrected chi connectivity index (χ3v) is 5.61. The highest BCUT2D eigenvalue weighted by Gasteiger charge is 2.29. The Morgan fingerprint density at radius 3 is 2.72 bits per heavy atom. The van der Waals surface area contributed by atoms with Crippen LogP contribution in [0.2, 0.25) is 5.02 Å². The minimum absolute atomic E-state index is 0.0332. The first-order valence-electron chi connectivity index (χ1n) is 9.98. The molecule has 4 nitrogen and oxygen atoms in total. The number of hydrogen-bond donors (Lipinski definition) is 1. The van der Waals surface area contributed by atoms with Gasteiger partial charge >= 0.3 is 0 Å². The first-order valence-corrected chi connectivity index (χ1v) is 10.4. The molecule has 1 aliphatic rings. The molecule has 1 aliphatic carbocycles. The van der Waals surface area contributed by atoms with E-state index in [2.05, 4.69) is 52.7 Å². The van der Waals surface area contributed by atoms with Crippen molar-refractivity contribution in [1.82, 2.24) is 4.90 Å². The van der Waals surface area contributed by atoms with Gasteiger partial charge < -0.3 is 10.1 Å². The Hall–Kier alpha value is -2.56. The van der Waals surface area contributed by atoms with Crippen LogP contribution in [-0.4, -0.2) is 30.5 Å². The molecular formula is C24H25ClN2O2. The van der Waals surface area contributed by atoms with E-state index in [1.54, 1.807) is 25.3 Å². The zero-order chi connectivity index (χ0) is 20.2. The fourth-order valence-corrected chi connectivity index (χ4v) is 3.89. The number of rotatable bonds is 8. The molecule has 29 heavy (non-hydrogen) atoms. The van der Waals surface area contributed by atoms with Crippen LogP contribution < -0.4 is 10.1 Å². The van der Waals surface area contributed by atoms with Gasteiger partial charge in [0.05, 0.1) is 12.8 Å². The van der Waals surface area contributed by atoms with Crippen molar-refractivity contribution in [3.05, 3.63) is 71.2 Å². The summed E-state index contributed by atoms with van der Waals surface area (Å²) in [5.74, 6) is 0.576. The monoisotopic (exact) mass is 408 g/mol. The molecule has 3 aromatic rings. The normalized spacial score (nSPS) is 13.6. The van der Waals surface area contributed by atoms with Gasteiger partial charge in [-0.1, -0.05) is 54.1 Å². The Balaban J connectivity index is 1.42. The van der Waals surface area contributed by atoms with Crippen LogP contribution in [0.15, 0.2) is 60.7 Å². The van der Waals surface area contributed by atoms with E-state index in [0.29, 0.717) is 28.9 Å². The second-order valence-electron chi connectivity index (χ2n) is 7.48. The number of hydrogen-bond acceptors (Lipinski definition) is 3. The lowest BCUT2D eigenvalue weighted by Gasteiger charge is -2.23. The molecule has 1 amide bonds. The maximum absolute atomic E-state index is 12.6. The van der Waals surface area contributed by atoms with Gasteiger partial charge in [0.15, 0.2) is 0 Å². The number of ether oxygens (including phenoxy) is 1. The molecule has 5 heteroatoms. The van der Waals surface area contributed by atoms with E-state index in [1.807, 2.05) is 0 Å². The van der Waals surface area contributed by atoms with Crippen molar-refractivity contribution in [2.75, 3.05) is 19.0 Å². The molecule has 0 atom stereocenters. The Morgan fingerprint density at radius 2 is 1.93 bits per heavy atom. The van der Waals surface area contributed by atoms with E-state index >= 15 is 0 Å². The van der Waals surface area contributed by atoms with E-state index in [9.17, 15) is 4.79 Å². The summed E-state index contributed by atoms with van der Waals surface area (Å²) in [6.45, 7) is 1.59. The average Bonchev–Trinajstić information content (AvgIpc) is 3.57. The van der Waals surface area contributed by atoms with Crippen molar-refractivity contribution in [3.8, 4) is 5.75 Å². The molecule has 0 heterocycles. The topological polar surface area (TPSA) is 41.6 Å². The van der Waals surface area contributed by atoms with E-state index in [0.717, 1.165) is 13.1 Å². The van der Waals surface area contributed by atoms with Crippen LogP contribution in [0.5, 0.6) is 5.75 Å². The van der Waals surface area contributed by atoms with Crippen LogP contribution in [0, 0.1) is 0 Å².